The van der Waals surface area contributed by atoms with Crippen molar-refractivity contribution in [2.24, 2.45) is 12.0 Å². The number of hydrogen-bond donors (Lipinski definition) is 1. The Bertz CT molecular complexity index is 1510. The lowest BCUT2D eigenvalue weighted by atomic mass is 9.92. The first-order chi connectivity index (χ1) is 17.1. The monoisotopic (exact) mass is 546 g/mol. The molecule has 1 saturated carbocycles. The fraction of sp³-hybridized carbons (Fsp3) is 0.375. The summed E-state index contributed by atoms with van der Waals surface area (Å²) < 4.78 is 44.0. The van der Waals surface area contributed by atoms with Gasteiger partial charge in [-0.1, -0.05) is 17.7 Å². The maximum Gasteiger partial charge on any atom is 0.217 e. The lowest BCUT2D eigenvalue weighted by Crippen LogP contribution is -2.43. The minimum Gasteiger partial charge on any atom is -0.326 e. The molecule has 8 nitrogen and oxygen atoms in total. The average molecular weight is 547 g/mol. The summed E-state index contributed by atoms with van der Waals surface area (Å²) in [5.41, 5.74) is 3.09. The van der Waals surface area contributed by atoms with Crippen molar-refractivity contribution in [3.8, 4) is 0 Å². The van der Waals surface area contributed by atoms with Gasteiger partial charge < -0.3 is 4.90 Å². The summed E-state index contributed by atoms with van der Waals surface area (Å²) in [4.78, 5) is 11.6. The number of halogens is 2. The van der Waals surface area contributed by atoms with Crippen LogP contribution in [0.4, 0.5) is 4.39 Å². The van der Waals surface area contributed by atoms with E-state index in [1.165, 1.54) is 23.5 Å². The number of rotatable bonds is 6. The number of aromatic nitrogens is 3. The van der Waals surface area contributed by atoms with Gasteiger partial charge in [0.1, 0.15) is 11.9 Å². The van der Waals surface area contributed by atoms with Crippen LogP contribution in [0, 0.1) is 5.82 Å². The van der Waals surface area contributed by atoms with E-state index in [2.05, 4.69) is 14.8 Å². The Morgan fingerprint density at radius 1 is 1.28 bits per heavy atom. The Morgan fingerprint density at radius 3 is 2.72 bits per heavy atom. The molecule has 188 valence electrons. The summed E-state index contributed by atoms with van der Waals surface area (Å²) in [6.45, 7) is 2.20. The first-order valence-corrected chi connectivity index (χ1v) is 14.3. The van der Waals surface area contributed by atoms with Crippen LogP contribution in [-0.4, -0.2) is 51.3 Å². The van der Waals surface area contributed by atoms with Gasteiger partial charge in [0.15, 0.2) is 10.8 Å². The molecule has 0 amide bonds. The van der Waals surface area contributed by atoms with E-state index in [1.807, 2.05) is 29.6 Å². The van der Waals surface area contributed by atoms with Crippen LogP contribution in [0.15, 0.2) is 52.7 Å². The molecule has 1 aliphatic carbocycles. The van der Waals surface area contributed by atoms with Crippen molar-refractivity contribution in [1.82, 2.24) is 24.4 Å². The fourth-order valence-corrected chi connectivity index (χ4v) is 7.24. The molecule has 3 aromatic rings. The minimum absolute atomic E-state index is 0.265. The average Bonchev–Trinajstić information content (AvgIpc) is 3.20. The summed E-state index contributed by atoms with van der Waals surface area (Å²) in [6.07, 6.45) is 5.35. The van der Waals surface area contributed by atoms with E-state index in [4.69, 9.17) is 16.6 Å². The third-order valence-corrected chi connectivity index (χ3v) is 10.5. The van der Waals surface area contributed by atoms with Gasteiger partial charge in [0.25, 0.3) is 0 Å². The summed E-state index contributed by atoms with van der Waals surface area (Å²) in [5, 5.41) is 7.50. The number of fused-ring (bicyclic) bond motifs is 1. The Morgan fingerprint density at radius 2 is 2.08 bits per heavy atom. The molecule has 2 aromatic heterocycles. The third-order valence-electron chi connectivity index (χ3n) is 7.05. The van der Waals surface area contributed by atoms with Crippen molar-refractivity contribution in [3.63, 3.8) is 0 Å². The third kappa shape index (κ3) is 3.98. The zero-order valence-corrected chi connectivity index (χ0v) is 22.0. The topological polar surface area (TPSA) is 92.5 Å². The summed E-state index contributed by atoms with van der Waals surface area (Å²) in [6, 6.07) is 5.30. The van der Waals surface area contributed by atoms with E-state index in [0.29, 0.717) is 47.9 Å². The fourth-order valence-electron chi connectivity index (χ4n) is 4.81. The second-order valence-electron chi connectivity index (χ2n) is 9.68. The number of amidine groups is 1. The van der Waals surface area contributed by atoms with E-state index in [1.54, 1.807) is 23.9 Å². The van der Waals surface area contributed by atoms with Crippen LogP contribution in [0.2, 0.25) is 5.02 Å². The molecule has 0 bridgehead atoms. The second kappa shape index (κ2) is 8.47. The number of sulfonamides is 1. The molecule has 6 rings (SSSR count). The van der Waals surface area contributed by atoms with Crippen molar-refractivity contribution < 1.29 is 12.8 Å². The minimum atomic E-state index is -3.47. The van der Waals surface area contributed by atoms with Crippen LogP contribution in [0.1, 0.15) is 48.5 Å². The van der Waals surface area contributed by atoms with Gasteiger partial charge in [-0.2, -0.15) is 5.10 Å². The number of thiazole rings is 1. The van der Waals surface area contributed by atoms with E-state index in [0.717, 1.165) is 11.3 Å². The van der Waals surface area contributed by atoms with Crippen molar-refractivity contribution in [2.45, 2.75) is 43.0 Å². The maximum atomic E-state index is 13.9. The van der Waals surface area contributed by atoms with Crippen molar-refractivity contribution >= 4 is 44.4 Å². The molecule has 1 N–H and O–H groups in total. The molecule has 2 aliphatic heterocycles. The summed E-state index contributed by atoms with van der Waals surface area (Å²) in [5.74, 6) is 0.214. The highest BCUT2D eigenvalue weighted by molar-refractivity contribution is 7.91. The summed E-state index contributed by atoms with van der Waals surface area (Å²) in [7, 11) is -1.64. The Labute approximate surface area is 217 Å². The van der Waals surface area contributed by atoms with Crippen LogP contribution >= 0.6 is 22.9 Å². The van der Waals surface area contributed by atoms with Crippen LogP contribution in [0.25, 0.3) is 5.57 Å². The quantitative estimate of drug-likeness (QED) is 0.502. The molecular weight excluding hydrogens is 523 g/mol. The lowest BCUT2D eigenvalue weighted by molar-refractivity contribution is 0.512. The van der Waals surface area contributed by atoms with Crippen molar-refractivity contribution in [3.05, 3.63) is 74.8 Å². The van der Waals surface area contributed by atoms with Gasteiger partial charge in [0.05, 0.1) is 10.4 Å². The highest BCUT2D eigenvalue weighted by Crippen LogP contribution is 2.47. The van der Waals surface area contributed by atoms with Gasteiger partial charge in [-0.15, -0.1) is 11.3 Å². The Hall–Kier alpha value is -2.60. The first kappa shape index (κ1) is 23.8. The first-order valence-electron chi connectivity index (χ1n) is 11.6. The summed E-state index contributed by atoms with van der Waals surface area (Å²) >= 11 is 7.99. The number of nitrogens with one attached hydrogen (secondary N) is 1. The molecule has 36 heavy (non-hydrogen) atoms. The van der Waals surface area contributed by atoms with Gasteiger partial charge in [-0.05, 0) is 38.0 Å². The normalized spacial score (nSPS) is 23.1. The molecule has 1 unspecified atom stereocenters. The number of hydrogen-bond acceptors (Lipinski definition) is 7. The van der Waals surface area contributed by atoms with Crippen LogP contribution in [-0.2, 0) is 17.1 Å². The van der Waals surface area contributed by atoms with E-state index < -0.39 is 26.6 Å². The molecule has 3 aliphatic rings. The second-order valence-corrected chi connectivity index (χ2v) is 13.2. The zero-order chi connectivity index (χ0) is 25.2. The van der Waals surface area contributed by atoms with Gasteiger partial charge in [-0.3, -0.25) is 9.67 Å². The number of benzene rings is 1. The largest absolute Gasteiger partial charge is 0.326 e. The van der Waals surface area contributed by atoms with Crippen LogP contribution in [0.5, 0.6) is 0 Å². The maximum absolute atomic E-state index is 13.9. The molecule has 12 heteroatoms. The van der Waals surface area contributed by atoms with Gasteiger partial charge >= 0.3 is 0 Å². The standard InChI is InChI=1S/C24H24ClFN6O2S2/c1-24(6-7-24)36(33,34)30-15-12-19-20(18-5-9-31(2)29-18)21(16-4-3-14(26)11-17(16)25)28-22(32(19)13-15)23-27-8-10-35-23/h3-5,8-11,15,21,30H,6-7,12-13H2,1-2H3/t15-,21?/m0/s1. The Kier molecular flexibility index (Phi) is 5.60. The highest BCUT2D eigenvalue weighted by Gasteiger charge is 2.52. The predicted octanol–water partition coefficient (Wildman–Crippen LogP) is 4.13. The van der Waals surface area contributed by atoms with Crippen LogP contribution in [0.3, 0.4) is 0 Å². The smallest absolute Gasteiger partial charge is 0.217 e. The van der Waals surface area contributed by atoms with Crippen LogP contribution < -0.4 is 4.72 Å². The zero-order valence-electron chi connectivity index (χ0n) is 19.6. The molecule has 1 saturated heterocycles. The number of aryl methyl sites for hydroxylation is 1. The van der Waals surface area contributed by atoms with E-state index in [9.17, 15) is 12.8 Å². The Balaban J connectivity index is 1.50. The number of nitrogens with zero attached hydrogens (tertiary/aromatic N) is 5. The van der Waals surface area contributed by atoms with Gasteiger partial charge in [0.2, 0.25) is 10.0 Å². The van der Waals surface area contributed by atoms with E-state index >= 15 is 0 Å². The molecule has 0 radical (unpaired) electrons. The molecule has 1 aromatic carbocycles. The highest BCUT2D eigenvalue weighted by atomic mass is 35.5. The molecule has 2 fully saturated rings. The van der Waals surface area contributed by atoms with Crippen molar-refractivity contribution in [2.75, 3.05) is 6.54 Å². The van der Waals surface area contributed by atoms with Gasteiger partial charge in [0, 0.05) is 65.7 Å². The predicted molar refractivity (Wildman–Crippen MR) is 138 cm³/mol. The van der Waals surface area contributed by atoms with Crippen molar-refractivity contribution in [1.29, 1.82) is 0 Å². The molecule has 2 atom stereocenters. The molecular formula is C24H24ClFN6O2S2. The molecule has 4 heterocycles. The SMILES string of the molecule is Cn1ccc(C2=C3C[C@H](NS(=O)(=O)C4(C)CC4)CN3C(c3nccs3)=NC2c2ccc(F)cc2Cl)n1. The van der Waals surface area contributed by atoms with Gasteiger partial charge in [-0.25, -0.2) is 22.5 Å². The van der Waals surface area contributed by atoms with E-state index in [-0.39, 0.29) is 11.1 Å². The number of aliphatic imine (C=N–C) groups is 1. The molecule has 0 spiro atoms. The lowest BCUT2D eigenvalue weighted by Gasteiger charge is -2.32.